The van der Waals surface area contributed by atoms with Gasteiger partial charge in [0, 0.05) is 31.5 Å². The van der Waals surface area contributed by atoms with Crippen molar-refractivity contribution in [2.45, 2.75) is 32.7 Å². The minimum absolute atomic E-state index is 0.612. The van der Waals surface area contributed by atoms with Gasteiger partial charge in [-0.3, -0.25) is 9.98 Å². The molecule has 0 radical (unpaired) electrons. The number of pyridine rings is 1. The molecule has 2 unspecified atom stereocenters. The second-order valence-electron chi connectivity index (χ2n) is 4.84. The van der Waals surface area contributed by atoms with E-state index in [-0.39, 0.29) is 0 Å². The Kier molecular flexibility index (Phi) is 4.56. The van der Waals surface area contributed by atoms with Crippen molar-refractivity contribution in [3.63, 3.8) is 0 Å². The van der Waals surface area contributed by atoms with Gasteiger partial charge in [0.05, 0.1) is 0 Å². The Balaban J connectivity index is 1.80. The molecular formula is C14H22N4. The molecule has 1 aromatic rings. The normalized spacial score (nSPS) is 22.7. The van der Waals surface area contributed by atoms with Crippen LogP contribution < -0.4 is 10.6 Å². The number of nitrogens with one attached hydrogen (secondary N) is 2. The highest BCUT2D eigenvalue weighted by molar-refractivity contribution is 5.80. The molecule has 0 aromatic carbocycles. The van der Waals surface area contributed by atoms with Crippen LogP contribution >= 0.6 is 0 Å². The molecule has 1 aliphatic carbocycles. The van der Waals surface area contributed by atoms with Crippen molar-refractivity contribution < 1.29 is 0 Å². The summed E-state index contributed by atoms with van der Waals surface area (Å²) in [5, 5.41) is 6.74. The number of guanidine groups is 1. The van der Waals surface area contributed by atoms with Gasteiger partial charge in [0.1, 0.15) is 0 Å². The fourth-order valence-corrected chi connectivity index (χ4v) is 1.86. The molecule has 4 heteroatoms. The van der Waals surface area contributed by atoms with Gasteiger partial charge in [-0.2, -0.15) is 0 Å². The number of aromatic nitrogens is 1. The van der Waals surface area contributed by atoms with Gasteiger partial charge < -0.3 is 10.6 Å². The first-order valence-electron chi connectivity index (χ1n) is 6.73. The minimum atomic E-state index is 0.612. The third-order valence-electron chi connectivity index (χ3n) is 3.17. The van der Waals surface area contributed by atoms with Crippen LogP contribution in [0.2, 0.25) is 0 Å². The molecule has 18 heavy (non-hydrogen) atoms. The van der Waals surface area contributed by atoms with E-state index in [0.29, 0.717) is 6.04 Å². The summed E-state index contributed by atoms with van der Waals surface area (Å²) in [4.78, 5) is 8.70. The van der Waals surface area contributed by atoms with Gasteiger partial charge in [-0.15, -0.1) is 0 Å². The van der Waals surface area contributed by atoms with Crippen molar-refractivity contribution in [1.82, 2.24) is 15.6 Å². The molecule has 1 saturated carbocycles. The quantitative estimate of drug-likeness (QED) is 0.613. The molecule has 0 aliphatic heterocycles. The smallest absolute Gasteiger partial charge is 0.191 e. The fraction of sp³-hybridized carbons (Fsp3) is 0.571. The maximum absolute atomic E-state index is 4.59. The molecule has 0 amide bonds. The molecule has 0 saturated heterocycles. The summed E-state index contributed by atoms with van der Waals surface area (Å²) in [6.45, 7) is 6.05. The van der Waals surface area contributed by atoms with E-state index in [9.17, 15) is 0 Å². The first-order valence-corrected chi connectivity index (χ1v) is 6.73. The Morgan fingerprint density at radius 2 is 2.39 bits per heavy atom. The number of aliphatic imine (C=N–C) groups is 1. The Hall–Kier alpha value is -1.58. The zero-order valence-electron chi connectivity index (χ0n) is 11.2. The third kappa shape index (κ3) is 4.02. The lowest BCUT2D eigenvalue weighted by molar-refractivity contribution is 0.765. The fourth-order valence-electron chi connectivity index (χ4n) is 1.86. The van der Waals surface area contributed by atoms with Crippen LogP contribution in [0, 0.1) is 5.92 Å². The van der Waals surface area contributed by atoms with Crippen molar-refractivity contribution in [3.8, 4) is 0 Å². The topological polar surface area (TPSA) is 49.3 Å². The van der Waals surface area contributed by atoms with Gasteiger partial charge in [0.15, 0.2) is 5.96 Å². The molecule has 0 spiro atoms. The zero-order valence-corrected chi connectivity index (χ0v) is 11.2. The molecule has 0 bridgehead atoms. The number of rotatable bonds is 5. The van der Waals surface area contributed by atoms with Crippen LogP contribution in [0.3, 0.4) is 0 Å². The van der Waals surface area contributed by atoms with Crippen LogP contribution in [0.25, 0.3) is 0 Å². The third-order valence-corrected chi connectivity index (χ3v) is 3.17. The van der Waals surface area contributed by atoms with Gasteiger partial charge in [-0.25, -0.2) is 0 Å². The van der Waals surface area contributed by atoms with Crippen LogP contribution in [-0.4, -0.2) is 30.1 Å². The summed E-state index contributed by atoms with van der Waals surface area (Å²) in [6, 6.07) is 4.67. The summed E-state index contributed by atoms with van der Waals surface area (Å²) >= 11 is 0. The van der Waals surface area contributed by atoms with Crippen LogP contribution in [0.15, 0.2) is 29.5 Å². The van der Waals surface area contributed by atoms with E-state index in [0.717, 1.165) is 31.4 Å². The van der Waals surface area contributed by atoms with Gasteiger partial charge in [-0.05, 0) is 37.3 Å². The summed E-state index contributed by atoms with van der Waals surface area (Å²) in [5.74, 6) is 1.72. The van der Waals surface area contributed by atoms with E-state index >= 15 is 0 Å². The highest BCUT2D eigenvalue weighted by Crippen LogP contribution is 2.28. The first kappa shape index (κ1) is 12.9. The summed E-state index contributed by atoms with van der Waals surface area (Å²) in [6.07, 6.45) is 5.89. The van der Waals surface area contributed by atoms with Crippen LogP contribution in [0.4, 0.5) is 0 Å². The lowest BCUT2D eigenvalue weighted by atomic mass is 10.2. The molecule has 1 heterocycles. The second-order valence-corrected chi connectivity index (χ2v) is 4.84. The van der Waals surface area contributed by atoms with Gasteiger partial charge in [0.25, 0.3) is 0 Å². The summed E-state index contributed by atoms with van der Waals surface area (Å²) in [7, 11) is 0. The molecule has 2 N–H and O–H groups in total. The van der Waals surface area contributed by atoms with Crippen LogP contribution in [0.1, 0.15) is 25.8 Å². The standard InChI is InChI=1S/C14H22N4/c1-3-16-14(18-13-9-11(13)2)17-8-6-12-5-4-7-15-10-12/h4-5,7,10-11,13H,3,6,8-9H2,1-2H3,(H2,16,17,18). The van der Waals surface area contributed by atoms with Gasteiger partial charge >= 0.3 is 0 Å². The van der Waals surface area contributed by atoms with E-state index < -0.39 is 0 Å². The van der Waals surface area contributed by atoms with Crippen molar-refractivity contribution in [3.05, 3.63) is 30.1 Å². The molecule has 1 fully saturated rings. The van der Waals surface area contributed by atoms with Crippen molar-refractivity contribution in [2.24, 2.45) is 10.9 Å². The second kappa shape index (κ2) is 6.38. The average molecular weight is 246 g/mol. The number of nitrogens with zero attached hydrogens (tertiary/aromatic N) is 2. The van der Waals surface area contributed by atoms with E-state index in [2.05, 4.69) is 40.5 Å². The predicted molar refractivity (Wildman–Crippen MR) is 74.6 cm³/mol. The number of hydrogen-bond acceptors (Lipinski definition) is 2. The highest BCUT2D eigenvalue weighted by Gasteiger charge is 2.33. The monoisotopic (exact) mass is 246 g/mol. The molecule has 98 valence electrons. The molecule has 4 nitrogen and oxygen atoms in total. The maximum Gasteiger partial charge on any atom is 0.191 e. The summed E-state index contributed by atoms with van der Waals surface area (Å²) in [5.41, 5.74) is 1.23. The van der Waals surface area contributed by atoms with Crippen molar-refractivity contribution >= 4 is 5.96 Å². The highest BCUT2D eigenvalue weighted by atomic mass is 15.2. The molecular weight excluding hydrogens is 224 g/mol. The Morgan fingerprint density at radius 1 is 1.56 bits per heavy atom. The van der Waals surface area contributed by atoms with Crippen LogP contribution in [-0.2, 0) is 6.42 Å². The largest absolute Gasteiger partial charge is 0.357 e. The SMILES string of the molecule is CCNC(=NCCc1cccnc1)NC1CC1C. The predicted octanol–water partition coefficient (Wildman–Crippen LogP) is 1.59. The zero-order chi connectivity index (χ0) is 12.8. The maximum atomic E-state index is 4.59. The Bertz CT molecular complexity index is 388. The molecule has 2 atom stereocenters. The average Bonchev–Trinajstić information content (AvgIpc) is 3.06. The molecule has 1 aromatic heterocycles. The van der Waals surface area contributed by atoms with Crippen LogP contribution in [0.5, 0.6) is 0 Å². The van der Waals surface area contributed by atoms with Gasteiger partial charge in [0.2, 0.25) is 0 Å². The lowest BCUT2D eigenvalue weighted by Gasteiger charge is -2.10. The van der Waals surface area contributed by atoms with E-state index in [1.165, 1.54) is 12.0 Å². The Morgan fingerprint density at radius 3 is 3.00 bits per heavy atom. The first-order chi connectivity index (χ1) is 8.79. The van der Waals surface area contributed by atoms with E-state index in [4.69, 9.17) is 0 Å². The number of hydrogen-bond donors (Lipinski definition) is 2. The van der Waals surface area contributed by atoms with E-state index in [1.807, 2.05) is 12.3 Å². The molecule has 1 aliphatic rings. The molecule has 2 rings (SSSR count). The minimum Gasteiger partial charge on any atom is -0.357 e. The van der Waals surface area contributed by atoms with Gasteiger partial charge in [-0.1, -0.05) is 13.0 Å². The lowest BCUT2D eigenvalue weighted by Crippen LogP contribution is -2.39. The van der Waals surface area contributed by atoms with Crippen molar-refractivity contribution in [1.29, 1.82) is 0 Å². The summed E-state index contributed by atoms with van der Waals surface area (Å²) < 4.78 is 0. The Labute approximate surface area is 109 Å². The van der Waals surface area contributed by atoms with Crippen molar-refractivity contribution in [2.75, 3.05) is 13.1 Å². The van der Waals surface area contributed by atoms with E-state index in [1.54, 1.807) is 6.20 Å².